The van der Waals surface area contributed by atoms with Crippen LogP contribution < -0.4 is 4.74 Å². The van der Waals surface area contributed by atoms with E-state index in [1.807, 2.05) is 60.7 Å². The van der Waals surface area contributed by atoms with Gasteiger partial charge in [-0.3, -0.25) is 4.79 Å². The number of benzene rings is 2. The molecule has 1 saturated carbocycles. The number of halogens is 1. The van der Waals surface area contributed by atoms with Crippen LogP contribution in [0.2, 0.25) is 0 Å². The maximum absolute atomic E-state index is 12.2. The van der Waals surface area contributed by atoms with Gasteiger partial charge in [0.25, 0.3) is 0 Å². The lowest BCUT2D eigenvalue weighted by molar-refractivity contribution is -0.116. The van der Waals surface area contributed by atoms with Gasteiger partial charge in [-0.15, -0.1) is 11.6 Å². The summed E-state index contributed by atoms with van der Waals surface area (Å²) in [4.78, 5) is 12.2. The molecule has 23 heavy (non-hydrogen) atoms. The van der Waals surface area contributed by atoms with Gasteiger partial charge in [-0.05, 0) is 42.5 Å². The van der Waals surface area contributed by atoms with Gasteiger partial charge in [0.1, 0.15) is 12.4 Å². The summed E-state index contributed by atoms with van der Waals surface area (Å²) in [7, 11) is 0. The summed E-state index contributed by atoms with van der Waals surface area (Å²) in [5.41, 5.74) is 2.84. The Morgan fingerprint density at radius 1 is 1.09 bits per heavy atom. The van der Waals surface area contributed by atoms with Crippen LogP contribution in [0.3, 0.4) is 0 Å². The first-order valence-electron chi connectivity index (χ1n) is 7.88. The number of rotatable bonds is 4. The van der Waals surface area contributed by atoms with Crippen LogP contribution in [0.25, 0.3) is 6.08 Å². The average Bonchev–Trinajstić information content (AvgIpc) is 2.59. The molecule has 118 valence electrons. The fourth-order valence-corrected chi connectivity index (χ4v) is 3.02. The van der Waals surface area contributed by atoms with Gasteiger partial charge in [0.15, 0.2) is 5.78 Å². The Hall–Kier alpha value is -2.06. The lowest BCUT2D eigenvalue weighted by Gasteiger charge is -2.18. The predicted molar refractivity (Wildman–Crippen MR) is 93.7 cm³/mol. The van der Waals surface area contributed by atoms with Gasteiger partial charge in [0.05, 0.1) is 5.38 Å². The van der Waals surface area contributed by atoms with Crippen LogP contribution in [0.5, 0.6) is 5.75 Å². The lowest BCUT2D eigenvalue weighted by atomic mass is 9.91. The Labute approximate surface area is 141 Å². The van der Waals surface area contributed by atoms with Gasteiger partial charge < -0.3 is 4.74 Å². The Morgan fingerprint density at radius 2 is 1.83 bits per heavy atom. The monoisotopic (exact) mass is 326 g/mol. The number of alkyl halides is 1. The molecule has 2 aromatic carbocycles. The zero-order valence-corrected chi connectivity index (χ0v) is 13.6. The highest BCUT2D eigenvalue weighted by Gasteiger charge is 2.24. The number of hydrogen-bond donors (Lipinski definition) is 0. The fourth-order valence-electron chi connectivity index (χ4n) is 2.72. The molecule has 1 atom stereocenters. The number of para-hydroxylation sites is 1. The summed E-state index contributed by atoms with van der Waals surface area (Å²) in [6, 6.07) is 17.8. The van der Waals surface area contributed by atoms with Crippen LogP contribution >= 0.6 is 11.6 Å². The molecular weight excluding hydrogens is 308 g/mol. The molecule has 0 radical (unpaired) electrons. The van der Waals surface area contributed by atoms with E-state index in [0.29, 0.717) is 6.61 Å². The molecule has 1 aliphatic rings. The molecule has 1 fully saturated rings. The van der Waals surface area contributed by atoms with Gasteiger partial charge in [-0.2, -0.15) is 0 Å². The first-order valence-corrected chi connectivity index (χ1v) is 8.32. The van der Waals surface area contributed by atoms with Crippen LogP contribution in [0.1, 0.15) is 30.4 Å². The van der Waals surface area contributed by atoms with Crippen LogP contribution in [-0.2, 0) is 11.4 Å². The quantitative estimate of drug-likeness (QED) is 0.583. The molecule has 0 heterocycles. The molecule has 2 nitrogen and oxygen atoms in total. The van der Waals surface area contributed by atoms with Crippen molar-refractivity contribution in [2.45, 2.75) is 31.2 Å². The van der Waals surface area contributed by atoms with Crippen molar-refractivity contribution in [1.82, 2.24) is 0 Å². The van der Waals surface area contributed by atoms with Crippen molar-refractivity contribution in [1.29, 1.82) is 0 Å². The van der Waals surface area contributed by atoms with Crippen molar-refractivity contribution in [3.8, 4) is 5.75 Å². The van der Waals surface area contributed by atoms with E-state index in [2.05, 4.69) is 0 Å². The molecule has 0 aliphatic heterocycles. The molecule has 0 aromatic heterocycles. The smallest absolute Gasteiger partial charge is 0.176 e. The lowest BCUT2D eigenvalue weighted by Crippen LogP contribution is -2.21. The van der Waals surface area contributed by atoms with Crippen molar-refractivity contribution in [2.24, 2.45) is 0 Å². The number of allylic oxidation sites excluding steroid dienone is 1. The van der Waals surface area contributed by atoms with Crippen LogP contribution in [0.4, 0.5) is 0 Å². The molecule has 3 heteroatoms. The molecule has 1 aliphatic carbocycles. The van der Waals surface area contributed by atoms with Gasteiger partial charge >= 0.3 is 0 Å². The van der Waals surface area contributed by atoms with Crippen molar-refractivity contribution in [3.05, 3.63) is 71.3 Å². The van der Waals surface area contributed by atoms with Gasteiger partial charge in [0, 0.05) is 5.56 Å². The molecular formula is C20H19ClO2. The second-order valence-corrected chi connectivity index (χ2v) is 6.23. The first kappa shape index (κ1) is 15.8. The van der Waals surface area contributed by atoms with E-state index in [9.17, 15) is 4.79 Å². The Kier molecular flexibility index (Phi) is 5.14. The summed E-state index contributed by atoms with van der Waals surface area (Å²) in [5, 5.41) is -0.382. The van der Waals surface area contributed by atoms with Gasteiger partial charge in [0.2, 0.25) is 0 Å². The highest BCUT2D eigenvalue weighted by Crippen LogP contribution is 2.29. The summed E-state index contributed by atoms with van der Waals surface area (Å²) in [5.74, 6) is 0.837. The minimum atomic E-state index is -0.382. The molecule has 0 amide bonds. The largest absolute Gasteiger partial charge is 0.488 e. The summed E-state index contributed by atoms with van der Waals surface area (Å²) in [6.07, 6.45) is 4.44. The fraction of sp³-hybridized carbons (Fsp3) is 0.250. The van der Waals surface area contributed by atoms with Crippen LogP contribution in [0, 0.1) is 0 Å². The third kappa shape index (κ3) is 4.02. The minimum Gasteiger partial charge on any atom is -0.488 e. The Balaban J connectivity index is 1.79. The maximum atomic E-state index is 12.2. The predicted octanol–water partition coefficient (Wildman–Crippen LogP) is 5.01. The van der Waals surface area contributed by atoms with Crippen molar-refractivity contribution in [2.75, 3.05) is 0 Å². The normalized spacial score (nSPS) is 19.8. The Morgan fingerprint density at radius 3 is 2.65 bits per heavy atom. The van der Waals surface area contributed by atoms with E-state index in [4.69, 9.17) is 16.3 Å². The van der Waals surface area contributed by atoms with E-state index in [0.717, 1.165) is 41.7 Å². The zero-order chi connectivity index (χ0) is 16.1. The highest BCUT2D eigenvalue weighted by atomic mass is 35.5. The number of carbonyl (C=O) groups is 1. The molecule has 3 rings (SSSR count). The second-order valence-electron chi connectivity index (χ2n) is 5.71. The summed E-state index contributed by atoms with van der Waals surface area (Å²) >= 11 is 6.09. The Bertz CT molecular complexity index is 707. The minimum absolute atomic E-state index is 0.0516. The standard InChI is InChI=1S/C20H19ClO2/c21-18-11-6-10-17(20(18)22)13-16-9-4-5-12-19(16)23-14-15-7-2-1-3-8-15/h1-5,7-9,12-13,18H,6,10-11,14H2. The molecule has 0 bridgehead atoms. The molecule has 0 saturated heterocycles. The van der Waals surface area contributed by atoms with Crippen LogP contribution in [0.15, 0.2) is 60.2 Å². The van der Waals surface area contributed by atoms with Crippen molar-refractivity contribution >= 4 is 23.5 Å². The average molecular weight is 327 g/mol. The topological polar surface area (TPSA) is 26.3 Å². The maximum Gasteiger partial charge on any atom is 0.176 e. The molecule has 1 unspecified atom stereocenters. The van der Waals surface area contributed by atoms with E-state index >= 15 is 0 Å². The van der Waals surface area contributed by atoms with Gasteiger partial charge in [-0.1, -0.05) is 48.5 Å². The van der Waals surface area contributed by atoms with E-state index < -0.39 is 0 Å². The molecule has 0 N–H and O–H groups in total. The highest BCUT2D eigenvalue weighted by molar-refractivity contribution is 6.34. The molecule has 2 aromatic rings. The number of carbonyl (C=O) groups excluding carboxylic acids is 1. The number of ether oxygens (including phenoxy) is 1. The van der Waals surface area contributed by atoms with E-state index in [-0.39, 0.29) is 11.2 Å². The second kappa shape index (κ2) is 7.47. The van der Waals surface area contributed by atoms with E-state index in [1.54, 1.807) is 0 Å². The van der Waals surface area contributed by atoms with Crippen molar-refractivity contribution in [3.63, 3.8) is 0 Å². The number of Topliss-reactive ketones (excluding diaryl/α,β-unsaturated/α-hetero) is 1. The first-order chi connectivity index (χ1) is 11.2. The van der Waals surface area contributed by atoms with Crippen molar-refractivity contribution < 1.29 is 9.53 Å². The zero-order valence-electron chi connectivity index (χ0n) is 12.9. The number of hydrogen-bond acceptors (Lipinski definition) is 2. The summed E-state index contributed by atoms with van der Waals surface area (Å²) in [6.45, 7) is 0.507. The van der Waals surface area contributed by atoms with Gasteiger partial charge in [-0.25, -0.2) is 0 Å². The third-order valence-electron chi connectivity index (χ3n) is 3.99. The SMILES string of the molecule is O=C1C(=Cc2ccccc2OCc2ccccc2)CCCC1Cl. The third-order valence-corrected chi connectivity index (χ3v) is 4.41. The molecule has 0 spiro atoms. The van der Waals surface area contributed by atoms with E-state index in [1.165, 1.54) is 0 Å². The number of ketones is 1. The van der Waals surface area contributed by atoms with Crippen LogP contribution in [-0.4, -0.2) is 11.2 Å². The summed E-state index contributed by atoms with van der Waals surface area (Å²) < 4.78 is 5.94.